The lowest BCUT2D eigenvalue weighted by Crippen LogP contribution is -2.41. The van der Waals surface area contributed by atoms with Crippen LogP contribution in [-0.2, 0) is 10.0 Å². The minimum atomic E-state index is -3.61. The fourth-order valence-electron chi connectivity index (χ4n) is 1.98. The zero-order chi connectivity index (χ0) is 14.9. The van der Waals surface area contributed by atoms with Gasteiger partial charge in [-0.15, -0.1) is 0 Å². The van der Waals surface area contributed by atoms with E-state index in [9.17, 15) is 13.2 Å². The number of carboxylic acids is 1. The lowest BCUT2D eigenvalue weighted by atomic mass is 10.2. The average molecular weight is 427 g/mol. The molecule has 1 heterocycles. The Labute approximate surface area is 135 Å². The number of thioether (sulfide) groups is 1. The molecule has 5 nitrogen and oxygen atoms in total. The van der Waals surface area contributed by atoms with E-state index in [0.29, 0.717) is 16.7 Å². The summed E-state index contributed by atoms with van der Waals surface area (Å²) in [6, 6.07) is 4.24. The van der Waals surface area contributed by atoms with Crippen molar-refractivity contribution in [1.82, 2.24) is 4.31 Å². The van der Waals surface area contributed by atoms with Crippen molar-refractivity contribution in [3.63, 3.8) is 0 Å². The summed E-state index contributed by atoms with van der Waals surface area (Å²) in [7, 11) is -3.61. The first kappa shape index (κ1) is 16.1. The van der Waals surface area contributed by atoms with E-state index >= 15 is 0 Å². The summed E-state index contributed by atoms with van der Waals surface area (Å²) in [4.78, 5) is 11.2. The summed E-state index contributed by atoms with van der Waals surface area (Å²) in [5, 5.41) is 9.34. The maximum atomic E-state index is 12.5. The molecule has 1 fully saturated rings. The molecule has 0 bridgehead atoms. The Kier molecular flexibility index (Phi) is 4.98. The van der Waals surface area contributed by atoms with E-state index in [2.05, 4.69) is 0 Å². The Balaban J connectivity index is 2.39. The van der Waals surface area contributed by atoms with Crippen LogP contribution in [0.3, 0.4) is 0 Å². The van der Waals surface area contributed by atoms with Crippen LogP contribution in [0.15, 0.2) is 23.1 Å². The molecule has 2 rings (SSSR count). The number of hydrogen-bond donors (Lipinski definition) is 1. The van der Waals surface area contributed by atoms with Crippen molar-refractivity contribution in [1.29, 1.82) is 0 Å². The molecule has 1 N–H and O–H groups in total. The van der Waals surface area contributed by atoms with Gasteiger partial charge in [0.15, 0.2) is 0 Å². The first-order chi connectivity index (χ1) is 9.32. The van der Waals surface area contributed by atoms with Gasteiger partial charge >= 0.3 is 5.97 Å². The van der Waals surface area contributed by atoms with Crippen LogP contribution in [0.5, 0.6) is 0 Å². The van der Waals surface area contributed by atoms with Crippen LogP contribution in [0, 0.1) is 3.57 Å². The molecule has 0 saturated carbocycles. The minimum Gasteiger partial charge on any atom is -0.478 e. The highest BCUT2D eigenvalue weighted by molar-refractivity contribution is 14.1. The molecule has 1 unspecified atom stereocenters. The van der Waals surface area contributed by atoms with E-state index in [1.54, 1.807) is 11.8 Å². The Hall–Kier alpha value is -0.320. The van der Waals surface area contributed by atoms with E-state index in [1.807, 2.05) is 29.5 Å². The topological polar surface area (TPSA) is 74.7 Å². The first-order valence-corrected chi connectivity index (χ1v) is 9.53. The second-order valence-corrected chi connectivity index (χ2v) is 9.14. The fraction of sp³-hybridized carbons (Fsp3) is 0.417. The highest BCUT2D eigenvalue weighted by Crippen LogP contribution is 2.26. The van der Waals surface area contributed by atoms with Gasteiger partial charge in [-0.1, -0.05) is 6.92 Å². The van der Waals surface area contributed by atoms with Crippen molar-refractivity contribution >= 4 is 50.3 Å². The molecule has 110 valence electrons. The van der Waals surface area contributed by atoms with Crippen LogP contribution in [0.2, 0.25) is 0 Å². The van der Waals surface area contributed by atoms with Gasteiger partial charge in [0.2, 0.25) is 10.0 Å². The highest BCUT2D eigenvalue weighted by Gasteiger charge is 2.29. The third-order valence-electron chi connectivity index (χ3n) is 3.01. The predicted octanol–water partition coefficient (Wildman–Crippen LogP) is 2.12. The van der Waals surface area contributed by atoms with Crippen molar-refractivity contribution in [3.8, 4) is 0 Å². The van der Waals surface area contributed by atoms with E-state index in [-0.39, 0.29) is 15.7 Å². The molecule has 1 aliphatic rings. The second-order valence-electron chi connectivity index (χ2n) is 4.49. The molecule has 0 aromatic heterocycles. The van der Waals surface area contributed by atoms with Crippen molar-refractivity contribution in [2.45, 2.75) is 17.1 Å². The summed E-state index contributed by atoms with van der Waals surface area (Å²) in [6.45, 7) is 2.91. The molecule has 1 atom stereocenters. The Morgan fingerprint density at radius 2 is 2.20 bits per heavy atom. The molecule has 1 saturated heterocycles. The molecule has 0 spiro atoms. The second kappa shape index (κ2) is 6.20. The summed E-state index contributed by atoms with van der Waals surface area (Å²) in [6.07, 6.45) is 0. The number of hydrogen-bond acceptors (Lipinski definition) is 4. The zero-order valence-corrected chi connectivity index (χ0v) is 14.5. The van der Waals surface area contributed by atoms with Crippen LogP contribution < -0.4 is 0 Å². The molecule has 0 aliphatic carbocycles. The quantitative estimate of drug-likeness (QED) is 0.749. The highest BCUT2D eigenvalue weighted by atomic mass is 127. The number of aromatic carboxylic acids is 1. The zero-order valence-electron chi connectivity index (χ0n) is 10.7. The number of benzene rings is 1. The molecule has 1 aromatic rings. The first-order valence-electron chi connectivity index (χ1n) is 5.97. The van der Waals surface area contributed by atoms with Gasteiger partial charge in [0.05, 0.1) is 10.5 Å². The lowest BCUT2D eigenvalue weighted by molar-refractivity contribution is 0.0695. The largest absolute Gasteiger partial charge is 0.478 e. The molecular formula is C12H14INO4S2. The minimum absolute atomic E-state index is 0.0195. The smallest absolute Gasteiger partial charge is 0.336 e. The third-order valence-corrected chi connectivity index (χ3v) is 6.95. The lowest BCUT2D eigenvalue weighted by Gasteiger charge is -2.29. The van der Waals surface area contributed by atoms with Gasteiger partial charge < -0.3 is 5.11 Å². The van der Waals surface area contributed by atoms with Gasteiger partial charge in [0, 0.05) is 27.7 Å². The van der Waals surface area contributed by atoms with Crippen LogP contribution in [0.1, 0.15) is 17.3 Å². The number of carbonyl (C=O) groups is 1. The van der Waals surface area contributed by atoms with Crippen molar-refractivity contribution in [2.24, 2.45) is 0 Å². The molecule has 0 amide bonds. The summed E-state index contributed by atoms with van der Waals surface area (Å²) < 4.78 is 27.0. The number of carboxylic acid groups (broad SMARTS) is 1. The molecule has 8 heteroatoms. The van der Waals surface area contributed by atoms with Crippen LogP contribution in [-0.4, -0.2) is 47.9 Å². The number of nitrogens with zero attached hydrogens (tertiary/aromatic N) is 1. The normalized spacial score (nSPS) is 20.8. The maximum Gasteiger partial charge on any atom is 0.336 e. The van der Waals surface area contributed by atoms with Gasteiger partial charge in [-0.05, 0) is 40.8 Å². The monoisotopic (exact) mass is 427 g/mol. The summed E-state index contributed by atoms with van der Waals surface area (Å²) in [5.41, 5.74) is 0.0195. The average Bonchev–Trinajstić information content (AvgIpc) is 2.38. The Morgan fingerprint density at radius 1 is 1.50 bits per heavy atom. The van der Waals surface area contributed by atoms with Crippen LogP contribution >= 0.6 is 34.4 Å². The number of rotatable bonds is 3. The van der Waals surface area contributed by atoms with Gasteiger partial charge in [-0.3, -0.25) is 0 Å². The van der Waals surface area contributed by atoms with E-state index < -0.39 is 16.0 Å². The molecule has 1 aromatic carbocycles. The number of halogens is 1. The molecular weight excluding hydrogens is 413 g/mol. The number of sulfonamides is 1. The third kappa shape index (κ3) is 3.29. The Morgan fingerprint density at radius 3 is 2.80 bits per heavy atom. The van der Waals surface area contributed by atoms with E-state index in [4.69, 9.17) is 5.11 Å². The van der Waals surface area contributed by atoms with Crippen molar-refractivity contribution in [2.75, 3.05) is 18.8 Å². The van der Waals surface area contributed by atoms with Crippen LogP contribution in [0.25, 0.3) is 0 Å². The van der Waals surface area contributed by atoms with E-state index in [0.717, 1.165) is 5.75 Å². The standard InChI is InChI=1S/C12H14INO4S2/c1-8-7-14(4-5-19-8)20(17,18)9-2-3-11(13)10(6-9)12(15)16/h2-3,6,8H,4-5,7H2,1H3,(H,15,16). The van der Waals surface area contributed by atoms with Gasteiger partial charge in [-0.2, -0.15) is 16.1 Å². The fourth-order valence-corrected chi connectivity index (χ4v) is 5.33. The van der Waals surface area contributed by atoms with Gasteiger partial charge in [-0.25, -0.2) is 13.2 Å². The summed E-state index contributed by atoms with van der Waals surface area (Å²) in [5.74, 6) is -0.356. The van der Waals surface area contributed by atoms with Crippen molar-refractivity contribution in [3.05, 3.63) is 27.3 Å². The van der Waals surface area contributed by atoms with Gasteiger partial charge in [0.25, 0.3) is 0 Å². The van der Waals surface area contributed by atoms with Gasteiger partial charge in [0.1, 0.15) is 0 Å². The predicted molar refractivity (Wildman–Crippen MR) is 86.8 cm³/mol. The molecule has 1 aliphatic heterocycles. The Bertz CT molecular complexity index is 632. The summed E-state index contributed by atoms with van der Waals surface area (Å²) >= 11 is 3.63. The maximum absolute atomic E-state index is 12.5. The molecule has 0 radical (unpaired) electrons. The van der Waals surface area contributed by atoms with Crippen molar-refractivity contribution < 1.29 is 18.3 Å². The van der Waals surface area contributed by atoms with Crippen LogP contribution in [0.4, 0.5) is 0 Å². The SMILES string of the molecule is CC1CN(S(=O)(=O)c2ccc(I)c(C(=O)O)c2)CCS1. The molecule has 20 heavy (non-hydrogen) atoms. The van der Waals surface area contributed by atoms with E-state index in [1.165, 1.54) is 22.5 Å².